The fourth-order valence-corrected chi connectivity index (χ4v) is 2.06. The summed E-state index contributed by atoms with van der Waals surface area (Å²) in [5.41, 5.74) is 2.20. The van der Waals surface area contributed by atoms with Crippen molar-refractivity contribution in [3.63, 3.8) is 0 Å². The van der Waals surface area contributed by atoms with E-state index in [0.29, 0.717) is 22.4 Å². The van der Waals surface area contributed by atoms with Gasteiger partial charge in [-0.15, -0.1) is 0 Å². The normalized spacial score (nSPS) is 10.8. The van der Waals surface area contributed by atoms with E-state index >= 15 is 0 Å². The predicted molar refractivity (Wildman–Crippen MR) is 68.5 cm³/mol. The lowest BCUT2D eigenvalue weighted by Gasteiger charge is -2.10. The molecule has 3 rings (SSSR count). The summed E-state index contributed by atoms with van der Waals surface area (Å²) in [6.07, 6.45) is 1.52. The van der Waals surface area contributed by atoms with Gasteiger partial charge in [-0.1, -0.05) is 11.6 Å². The van der Waals surface area contributed by atoms with Crippen LogP contribution < -0.4 is 5.11 Å². The number of nitrogens with zero attached hydrogens (tertiary/aromatic N) is 1. The van der Waals surface area contributed by atoms with Crippen molar-refractivity contribution in [2.24, 2.45) is 0 Å². The number of hydrogen-bond donors (Lipinski definition) is 0. The molecule has 3 aromatic rings. The Kier molecular flexibility index (Phi) is 2.56. The summed E-state index contributed by atoms with van der Waals surface area (Å²) in [4.78, 5) is 15.7. The van der Waals surface area contributed by atoms with Crippen molar-refractivity contribution in [3.05, 3.63) is 53.8 Å². The Morgan fingerprint density at radius 1 is 1.26 bits per heavy atom. The molecule has 0 spiro atoms. The van der Waals surface area contributed by atoms with Crippen LogP contribution in [0.4, 0.5) is 0 Å². The maximum atomic E-state index is 11.3. The number of aromatic carboxylic acids is 1. The maximum absolute atomic E-state index is 11.3. The third-order valence-electron chi connectivity index (χ3n) is 2.96. The molecule has 94 valence electrons. The van der Waals surface area contributed by atoms with Crippen molar-refractivity contribution >= 4 is 16.9 Å². The van der Waals surface area contributed by atoms with Crippen molar-refractivity contribution in [1.29, 1.82) is 0 Å². The molecule has 0 amide bonds. The SMILES string of the molecule is Cc1ccc2nc(-c3ccco3)cc(C(=O)[O-])c2c1. The molecular weight excluding hydrogens is 242 g/mol. The highest BCUT2D eigenvalue weighted by Gasteiger charge is 2.10. The fourth-order valence-electron chi connectivity index (χ4n) is 2.06. The van der Waals surface area contributed by atoms with E-state index in [0.717, 1.165) is 5.56 Å². The summed E-state index contributed by atoms with van der Waals surface area (Å²) in [7, 11) is 0. The first kappa shape index (κ1) is 11.5. The number of carbonyl (C=O) groups excluding carboxylic acids is 1. The van der Waals surface area contributed by atoms with Crippen LogP contribution in [0.15, 0.2) is 47.1 Å². The fraction of sp³-hybridized carbons (Fsp3) is 0.0667. The van der Waals surface area contributed by atoms with Crippen molar-refractivity contribution in [3.8, 4) is 11.5 Å². The van der Waals surface area contributed by atoms with Crippen LogP contribution in [-0.2, 0) is 0 Å². The van der Waals surface area contributed by atoms with Crippen molar-refractivity contribution in [2.45, 2.75) is 6.92 Å². The average molecular weight is 252 g/mol. The van der Waals surface area contributed by atoms with Crippen molar-refractivity contribution in [1.82, 2.24) is 4.98 Å². The van der Waals surface area contributed by atoms with Gasteiger partial charge in [-0.05, 0) is 37.3 Å². The highest BCUT2D eigenvalue weighted by atomic mass is 16.4. The number of carboxylic acid groups (broad SMARTS) is 1. The first-order valence-electron chi connectivity index (χ1n) is 5.82. The molecule has 0 fully saturated rings. The summed E-state index contributed by atoms with van der Waals surface area (Å²) in [5.74, 6) is -0.684. The third kappa shape index (κ3) is 1.97. The Labute approximate surface area is 109 Å². The Balaban J connectivity index is 2.34. The van der Waals surface area contributed by atoms with E-state index in [-0.39, 0.29) is 5.56 Å². The van der Waals surface area contributed by atoms with Gasteiger partial charge in [-0.3, -0.25) is 0 Å². The predicted octanol–water partition coefficient (Wildman–Crippen LogP) is 2.17. The van der Waals surface area contributed by atoms with Crippen LogP contribution in [0.25, 0.3) is 22.4 Å². The van der Waals surface area contributed by atoms with Gasteiger partial charge in [0.1, 0.15) is 5.69 Å². The van der Waals surface area contributed by atoms with E-state index in [1.165, 1.54) is 12.3 Å². The van der Waals surface area contributed by atoms with Crippen LogP contribution in [0, 0.1) is 6.92 Å². The lowest BCUT2D eigenvalue weighted by atomic mass is 10.0. The molecule has 2 aromatic heterocycles. The molecule has 19 heavy (non-hydrogen) atoms. The maximum Gasteiger partial charge on any atom is 0.152 e. The minimum Gasteiger partial charge on any atom is -0.545 e. The van der Waals surface area contributed by atoms with Crippen molar-refractivity contribution in [2.75, 3.05) is 0 Å². The number of carbonyl (C=O) groups is 1. The molecule has 0 N–H and O–H groups in total. The van der Waals surface area contributed by atoms with E-state index < -0.39 is 5.97 Å². The smallest absolute Gasteiger partial charge is 0.152 e. The molecule has 2 heterocycles. The lowest BCUT2D eigenvalue weighted by molar-refractivity contribution is -0.254. The number of rotatable bonds is 2. The molecule has 0 radical (unpaired) electrons. The monoisotopic (exact) mass is 252 g/mol. The summed E-state index contributed by atoms with van der Waals surface area (Å²) in [6, 6.07) is 10.4. The van der Waals surface area contributed by atoms with Gasteiger partial charge in [0.2, 0.25) is 0 Å². The molecule has 0 bridgehead atoms. The quantitative estimate of drug-likeness (QED) is 0.701. The lowest BCUT2D eigenvalue weighted by Crippen LogP contribution is -2.22. The number of benzene rings is 1. The summed E-state index contributed by atoms with van der Waals surface area (Å²) >= 11 is 0. The number of aryl methyl sites for hydroxylation is 1. The van der Waals surface area contributed by atoms with E-state index in [9.17, 15) is 9.90 Å². The Hall–Kier alpha value is -2.62. The molecule has 0 aliphatic carbocycles. The largest absolute Gasteiger partial charge is 0.545 e. The van der Waals surface area contributed by atoms with Crippen LogP contribution in [-0.4, -0.2) is 11.0 Å². The summed E-state index contributed by atoms with van der Waals surface area (Å²) in [6.45, 7) is 1.90. The molecule has 1 aromatic carbocycles. The molecule has 0 saturated heterocycles. The highest BCUT2D eigenvalue weighted by molar-refractivity contribution is 6.02. The molecular formula is C15H10NO3-. The first-order chi connectivity index (χ1) is 9.15. The zero-order valence-corrected chi connectivity index (χ0v) is 10.2. The zero-order valence-electron chi connectivity index (χ0n) is 10.2. The summed E-state index contributed by atoms with van der Waals surface area (Å²) < 4.78 is 5.25. The van der Waals surface area contributed by atoms with Gasteiger partial charge < -0.3 is 14.3 Å². The molecule has 0 aliphatic heterocycles. The molecule has 4 heteroatoms. The minimum absolute atomic E-state index is 0.125. The van der Waals surface area contributed by atoms with E-state index in [2.05, 4.69) is 4.98 Å². The molecule has 4 nitrogen and oxygen atoms in total. The minimum atomic E-state index is -1.22. The van der Waals surface area contributed by atoms with E-state index in [1.807, 2.05) is 13.0 Å². The number of fused-ring (bicyclic) bond motifs is 1. The van der Waals surface area contributed by atoms with Crippen LogP contribution in [0.3, 0.4) is 0 Å². The third-order valence-corrected chi connectivity index (χ3v) is 2.96. The Morgan fingerprint density at radius 2 is 2.11 bits per heavy atom. The van der Waals surface area contributed by atoms with Gasteiger partial charge in [0.05, 0.1) is 17.7 Å². The summed E-state index contributed by atoms with van der Waals surface area (Å²) in [5, 5.41) is 11.9. The molecule has 0 aliphatic rings. The second-order valence-corrected chi connectivity index (χ2v) is 4.34. The second kappa shape index (κ2) is 4.24. The number of carboxylic acids is 1. The zero-order chi connectivity index (χ0) is 13.4. The van der Waals surface area contributed by atoms with Gasteiger partial charge in [0.15, 0.2) is 5.76 Å². The van der Waals surface area contributed by atoms with Crippen LogP contribution in [0.5, 0.6) is 0 Å². The number of aromatic nitrogens is 1. The first-order valence-corrected chi connectivity index (χ1v) is 5.82. The van der Waals surface area contributed by atoms with Gasteiger partial charge >= 0.3 is 0 Å². The standard InChI is InChI=1S/C15H11NO3/c1-9-4-5-12-10(7-9)11(15(17)18)8-13(16-12)14-3-2-6-19-14/h2-8H,1H3,(H,17,18)/p-1. The Bertz CT molecular complexity index is 760. The number of pyridine rings is 1. The molecule has 0 atom stereocenters. The average Bonchev–Trinajstić information content (AvgIpc) is 2.91. The molecule has 0 unspecified atom stereocenters. The van der Waals surface area contributed by atoms with Gasteiger partial charge in [0.25, 0.3) is 0 Å². The van der Waals surface area contributed by atoms with Crippen molar-refractivity contribution < 1.29 is 14.3 Å². The van der Waals surface area contributed by atoms with E-state index in [1.54, 1.807) is 24.3 Å². The van der Waals surface area contributed by atoms with Gasteiger partial charge in [0, 0.05) is 10.9 Å². The number of hydrogen-bond acceptors (Lipinski definition) is 4. The topological polar surface area (TPSA) is 66.2 Å². The highest BCUT2D eigenvalue weighted by Crippen LogP contribution is 2.25. The second-order valence-electron chi connectivity index (χ2n) is 4.34. The van der Waals surface area contributed by atoms with E-state index in [4.69, 9.17) is 4.42 Å². The van der Waals surface area contributed by atoms with Crippen LogP contribution in [0.1, 0.15) is 15.9 Å². The van der Waals surface area contributed by atoms with Crippen LogP contribution >= 0.6 is 0 Å². The van der Waals surface area contributed by atoms with Gasteiger partial charge in [-0.2, -0.15) is 0 Å². The molecule has 0 saturated carbocycles. The van der Waals surface area contributed by atoms with Crippen LogP contribution in [0.2, 0.25) is 0 Å². The number of furan rings is 1. The van der Waals surface area contributed by atoms with Gasteiger partial charge in [-0.25, -0.2) is 4.98 Å². The Morgan fingerprint density at radius 3 is 2.79 bits per heavy atom.